The minimum atomic E-state index is 0.646. The van der Waals surface area contributed by atoms with Crippen LogP contribution in [0.15, 0.2) is 48.5 Å². The van der Waals surface area contributed by atoms with Crippen LogP contribution in [0.25, 0.3) is 5.69 Å². The Morgan fingerprint density at radius 1 is 0.957 bits per heavy atom. The van der Waals surface area contributed by atoms with Crippen LogP contribution in [0.3, 0.4) is 0 Å². The molecule has 0 atom stereocenters. The molecule has 1 N–H and O–H groups in total. The molecule has 4 heteroatoms. The normalized spacial score (nSPS) is 10.7. The highest BCUT2D eigenvalue weighted by molar-refractivity contribution is 5.57. The van der Waals surface area contributed by atoms with Crippen LogP contribution in [0.1, 0.15) is 29.7 Å². The van der Waals surface area contributed by atoms with E-state index in [2.05, 4.69) is 64.3 Å². The van der Waals surface area contributed by atoms with Crippen LogP contribution in [0.2, 0.25) is 0 Å². The van der Waals surface area contributed by atoms with Gasteiger partial charge in [-0.05, 0) is 43.5 Å². The van der Waals surface area contributed by atoms with Gasteiger partial charge in [0.05, 0.1) is 6.54 Å². The van der Waals surface area contributed by atoms with Crippen molar-refractivity contribution in [3.8, 4) is 5.69 Å². The summed E-state index contributed by atoms with van der Waals surface area (Å²) in [4.78, 5) is 0. The molecule has 0 bridgehead atoms. The zero-order chi connectivity index (χ0) is 16.2. The molecule has 1 aromatic heterocycles. The fraction of sp³-hybridized carbons (Fsp3) is 0.263. The van der Waals surface area contributed by atoms with E-state index < -0.39 is 0 Å². The number of nitrogens with zero attached hydrogens (tertiary/aromatic N) is 3. The summed E-state index contributed by atoms with van der Waals surface area (Å²) in [5, 5.41) is 12.1. The summed E-state index contributed by atoms with van der Waals surface area (Å²) in [7, 11) is 0. The molecule has 0 saturated carbocycles. The molecule has 0 fully saturated rings. The van der Waals surface area contributed by atoms with E-state index >= 15 is 0 Å². The third-order valence-electron chi connectivity index (χ3n) is 4.07. The van der Waals surface area contributed by atoms with Gasteiger partial charge >= 0.3 is 0 Å². The van der Waals surface area contributed by atoms with Crippen molar-refractivity contribution in [1.82, 2.24) is 14.8 Å². The second-order valence-electron chi connectivity index (χ2n) is 5.65. The average Bonchev–Trinajstić information content (AvgIpc) is 2.95. The first-order valence-corrected chi connectivity index (χ1v) is 7.99. The van der Waals surface area contributed by atoms with Gasteiger partial charge in [-0.2, -0.15) is 0 Å². The van der Waals surface area contributed by atoms with Crippen molar-refractivity contribution in [3.05, 3.63) is 71.3 Å². The van der Waals surface area contributed by atoms with E-state index in [0.717, 1.165) is 23.8 Å². The third kappa shape index (κ3) is 3.11. The highest BCUT2D eigenvalue weighted by Crippen LogP contribution is 2.22. The minimum absolute atomic E-state index is 0.646. The molecule has 0 aliphatic rings. The van der Waals surface area contributed by atoms with Crippen molar-refractivity contribution in [2.45, 2.75) is 33.7 Å². The van der Waals surface area contributed by atoms with Gasteiger partial charge in [0.2, 0.25) is 0 Å². The van der Waals surface area contributed by atoms with E-state index in [-0.39, 0.29) is 0 Å². The molecular formula is C19H22N4. The number of aromatic nitrogens is 3. The molecule has 0 saturated heterocycles. The molecule has 0 unspecified atom stereocenters. The van der Waals surface area contributed by atoms with Crippen LogP contribution >= 0.6 is 0 Å². The largest absolute Gasteiger partial charge is 0.377 e. The Labute approximate surface area is 137 Å². The maximum Gasteiger partial charge on any atom is 0.156 e. The molecule has 0 aliphatic carbocycles. The van der Waals surface area contributed by atoms with Crippen LogP contribution in [-0.4, -0.2) is 14.8 Å². The zero-order valence-corrected chi connectivity index (χ0v) is 13.9. The fourth-order valence-corrected chi connectivity index (χ4v) is 2.88. The van der Waals surface area contributed by atoms with E-state index in [1.165, 1.54) is 16.8 Å². The first-order chi connectivity index (χ1) is 11.2. The number of rotatable bonds is 5. The van der Waals surface area contributed by atoms with Crippen molar-refractivity contribution in [2.24, 2.45) is 0 Å². The molecule has 3 rings (SSSR count). The lowest BCUT2D eigenvalue weighted by Crippen LogP contribution is -2.10. The lowest BCUT2D eigenvalue weighted by Gasteiger charge is -2.14. The highest BCUT2D eigenvalue weighted by atomic mass is 15.3. The van der Waals surface area contributed by atoms with Gasteiger partial charge in [0.15, 0.2) is 5.82 Å². The predicted molar refractivity (Wildman–Crippen MR) is 94.0 cm³/mol. The second-order valence-corrected chi connectivity index (χ2v) is 5.65. The Morgan fingerprint density at radius 3 is 2.48 bits per heavy atom. The van der Waals surface area contributed by atoms with Crippen molar-refractivity contribution in [2.75, 3.05) is 5.32 Å². The first-order valence-electron chi connectivity index (χ1n) is 7.99. The quantitative estimate of drug-likeness (QED) is 0.773. The van der Waals surface area contributed by atoms with Gasteiger partial charge in [-0.1, -0.05) is 43.3 Å². The summed E-state index contributed by atoms with van der Waals surface area (Å²) in [5.41, 5.74) is 4.88. The molecule has 3 aromatic rings. The van der Waals surface area contributed by atoms with Gasteiger partial charge in [-0.3, -0.25) is 4.57 Å². The molecule has 118 valence electrons. The summed E-state index contributed by atoms with van der Waals surface area (Å²) in [6.07, 6.45) is 1.01. The summed E-state index contributed by atoms with van der Waals surface area (Å²) >= 11 is 0. The molecule has 1 heterocycles. The number of hydrogen-bond donors (Lipinski definition) is 1. The van der Waals surface area contributed by atoms with Gasteiger partial charge in [0, 0.05) is 11.4 Å². The number of hydrogen-bond acceptors (Lipinski definition) is 3. The summed E-state index contributed by atoms with van der Waals surface area (Å²) in [6, 6.07) is 16.6. The average molecular weight is 306 g/mol. The molecule has 0 amide bonds. The van der Waals surface area contributed by atoms with Crippen molar-refractivity contribution >= 4 is 5.69 Å². The molecule has 0 spiro atoms. The fourth-order valence-electron chi connectivity index (χ4n) is 2.88. The third-order valence-corrected chi connectivity index (χ3v) is 4.07. The SMILES string of the molecule is CCc1cccc(C)c1NCc1nnc(C)n1-c1ccccc1. The van der Waals surface area contributed by atoms with E-state index in [9.17, 15) is 0 Å². The summed E-state index contributed by atoms with van der Waals surface area (Å²) in [5.74, 6) is 1.81. The van der Waals surface area contributed by atoms with Gasteiger partial charge in [0.1, 0.15) is 5.82 Å². The lowest BCUT2D eigenvalue weighted by molar-refractivity contribution is 0.875. The molecule has 2 aromatic carbocycles. The Morgan fingerprint density at radius 2 is 1.74 bits per heavy atom. The number of aryl methyl sites for hydroxylation is 3. The monoisotopic (exact) mass is 306 g/mol. The van der Waals surface area contributed by atoms with Crippen molar-refractivity contribution in [1.29, 1.82) is 0 Å². The van der Waals surface area contributed by atoms with Crippen LogP contribution < -0.4 is 5.32 Å². The Balaban J connectivity index is 1.89. The smallest absolute Gasteiger partial charge is 0.156 e. The standard InChI is InChI=1S/C19H22N4/c1-4-16-10-8-9-14(2)19(16)20-13-18-22-21-15(3)23(18)17-11-6-5-7-12-17/h5-12,20H,4,13H2,1-3H3. The van der Waals surface area contributed by atoms with Gasteiger partial charge in [-0.25, -0.2) is 0 Å². The van der Waals surface area contributed by atoms with Crippen molar-refractivity contribution in [3.63, 3.8) is 0 Å². The zero-order valence-electron chi connectivity index (χ0n) is 13.9. The number of nitrogens with one attached hydrogen (secondary N) is 1. The number of para-hydroxylation sites is 2. The van der Waals surface area contributed by atoms with Gasteiger partial charge in [0.25, 0.3) is 0 Å². The van der Waals surface area contributed by atoms with Gasteiger partial charge in [-0.15, -0.1) is 10.2 Å². The predicted octanol–water partition coefficient (Wildman–Crippen LogP) is 4.06. The van der Waals surface area contributed by atoms with E-state index in [1.54, 1.807) is 0 Å². The molecule has 23 heavy (non-hydrogen) atoms. The number of anilines is 1. The minimum Gasteiger partial charge on any atom is -0.377 e. The summed E-state index contributed by atoms with van der Waals surface area (Å²) in [6.45, 7) is 6.94. The summed E-state index contributed by atoms with van der Waals surface area (Å²) < 4.78 is 2.09. The molecular weight excluding hydrogens is 284 g/mol. The van der Waals surface area contributed by atoms with Gasteiger partial charge < -0.3 is 5.32 Å². The maximum absolute atomic E-state index is 4.34. The Hall–Kier alpha value is -2.62. The molecule has 0 aliphatic heterocycles. The maximum atomic E-state index is 4.34. The number of benzene rings is 2. The molecule has 0 radical (unpaired) electrons. The topological polar surface area (TPSA) is 42.7 Å². The second kappa shape index (κ2) is 6.65. The van der Waals surface area contributed by atoms with Crippen LogP contribution in [0.5, 0.6) is 0 Å². The van der Waals surface area contributed by atoms with E-state index in [1.807, 2.05) is 25.1 Å². The van der Waals surface area contributed by atoms with E-state index in [0.29, 0.717) is 6.54 Å². The van der Waals surface area contributed by atoms with E-state index in [4.69, 9.17) is 0 Å². The molecule has 4 nitrogen and oxygen atoms in total. The van der Waals surface area contributed by atoms with Crippen LogP contribution in [-0.2, 0) is 13.0 Å². The highest BCUT2D eigenvalue weighted by Gasteiger charge is 2.11. The van der Waals surface area contributed by atoms with Crippen LogP contribution in [0.4, 0.5) is 5.69 Å². The lowest BCUT2D eigenvalue weighted by atomic mass is 10.1. The van der Waals surface area contributed by atoms with Crippen molar-refractivity contribution < 1.29 is 0 Å². The Kier molecular flexibility index (Phi) is 4.42. The Bertz CT molecular complexity index is 790. The first kappa shape index (κ1) is 15.3. The van der Waals surface area contributed by atoms with Crippen LogP contribution in [0, 0.1) is 13.8 Å².